The van der Waals surface area contributed by atoms with Crippen LogP contribution < -0.4 is 0 Å². The van der Waals surface area contributed by atoms with Crippen LogP contribution in [0.3, 0.4) is 0 Å². The fourth-order valence-corrected chi connectivity index (χ4v) is 2.28. The molecule has 1 aliphatic rings. The van der Waals surface area contributed by atoms with Gasteiger partial charge in [0.2, 0.25) is 0 Å². The zero-order valence-electron chi connectivity index (χ0n) is 8.88. The molecule has 1 saturated heterocycles. The van der Waals surface area contributed by atoms with Crippen LogP contribution in [0.2, 0.25) is 0 Å². The number of nitrogens with one attached hydrogen (secondary N) is 1. The summed E-state index contributed by atoms with van der Waals surface area (Å²) < 4.78 is 8.32. The van der Waals surface area contributed by atoms with E-state index in [0.29, 0.717) is 10.7 Å². The Kier molecular flexibility index (Phi) is 2.26. The Hall–Kier alpha value is -1.27. The third kappa shape index (κ3) is 1.45. The average Bonchev–Trinajstić information content (AvgIpc) is 2.84. The molecule has 5 nitrogen and oxygen atoms in total. The monoisotopic (exact) mass is 236 g/mol. The smallest absolute Gasteiger partial charge is 0.157 e. The topological polar surface area (TPSA) is 55.7 Å². The number of aromatic amines is 1. The second kappa shape index (κ2) is 3.64. The molecular formula is C10H12N4OS. The fourth-order valence-electron chi connectivity index (χ4n) is 2.08. The summed E-state index contributed by atoms with van der Waals surface area (Å²) in [5.41, 5.74) is 1.62. The van der Waals surface area contributed by atoms with E-state index in [1.807, 2.05) is 4.57 Å². The van der Waals surface area contributed by atoms with E-state index in [1.54, 1.807) is 12.7 Å². The predicted octanol–water partition coefficient (Wildman–Crippen LogP) is 2.19. The summed E-state index contributed by atoms with van der Waals surface area (Å²) in [4.78, 5) is 11.4. The lowest BCUT2D eigenvalue weighted by Crippen LogP contribution is -2.08. The molecule has 0 aromatic carbocycles. The third-order valence-corrected chi connectivity index (χ3v) is 3.20. The van der Waals surface area contributed by atoms with Crippen molar-refractivity contribution < 1.29 is 4.74 Å². The Morgan fingerprint density at radius 2 is 2.38 bits per heavy atom. The quantitative estimate of drug-likeness (QED) is 0.771. The van der Waals surface area contributed by atoms with Crippen molar-refractivity contribution in [3.8, 4) is 0 Å². The van der Waals surface area contributed by atoms with Crippen molar-refractivity contribution in [1.82, 2.24) is 19.5 Å². The van der Waals surface area contributed by atoms with Crippen LogP contribution in [-0.4, -0.2) is 25.6 Å². The van der Waals surface area contributed by atoms with Gasteiger partial charge in [-0.25, -0.2) is 9.97 Å². The van der Waals surface area contributed by atoms with Crippen LogP contribution in [0.4, 0.5) is 0 Å². The summed E-state index contributed by atoms with van der Waals surface area (Å²) in [6, 6.07) is 0. The average molecular weight is 236 g/mol. The van der Waals surface area contributed by atoms with Gasteiger partial charge in [0.1, 0.15) is 17.4 Å². The summed E-state index contributed by atoms with van der Waals surface area (Å²) in [6.07, 6.45) is 5.83. The molecule has 3 heterocycles. The standard InChI is InChI=1S/C10H12N4OS/c1-6-2-3-7(15-6)14-5-13-8-9(14)11-4-12-10(8)16/h4-7H,2-3H2,1H3,(H,11,12,16)/t6-,7-/m0/s1. The van der Waals surface area contributed by atoms with Gasteiger partial charge in [0, 0.05) is 0 Å². The van der Waals surface area contributed by atoms with E-state index in [-0.39, 0.29) is 6.23 Å². The van der Waals surface area contributed by atoms with E-state index < -0.39 is 0 Å². The van der Waals surface area contributed by atoms with Crippen molar-refractivity contribution in [2.75, 3.05) is 0 Å². The molecule has 0 saturated carbocycles. The Morgan fingerprint density at radius 1 is 1.50 bits per heavy atom. The minimum Gasteiger partial charge on any atom is -0.355 e. The number of fused-ring (bicyclic) bond motifs is 1. The summed E-state index contributed by atoms with van der Waals surface area (Å²) in [7, 11) is 0. The highest BCUT2D eigenvalue weighted by atomic mass is 32.1. The van der Waals surface area contributed by atoms with Crippen LogP contribution in [0.15, 0.2) is 12.7 Å². The first-order valence-corrected chi connectivity index (χ1v) is 5.72. The van der Waals surface area contributed by atoms with Crippen LogP contribution in [0, 0.1) is 4.64 Å². The lowest BCUT2D eigenvalue weighted by Gasteiger charge is -2.13. The largest absolute Gasteiger partial charge is 0.355 e. The third-order valence-electron chi connectivity index (χ3n) is 2.90. The number of nitrogens with zero attached hydrogens (tertiary/aromatic N) is 3. The predicted molar refractivity (Wildman–Crippen MR) is 61.5 cm³/mol. The highest BCUT2D eigenvalue weighted by Gasteiger charge is 2.24. The van der Waals surface area contributed by atoms with Crippen LogP contribution >= 0.6 is 12.2 Å². The summed E-state index contributed by atoms with van der Waals surface area (Å²) in [5.74, 6) is 0. The second-order valence-electron chi connectivity index (χ2n) is 4.04. The van der Waals surface area contributed by atoms with Gasteiger partial charge in [-0.2, -0.15) is 0 Å². The Labute approximate surface area is 97.5 Å². The molecule has 1 fully saturated rings. The molecule has 0 radical (unpaired) electrons. The first-order chi connectivity index (χ1) is 7.75. The van der Waals surface area contributed by atoms with Crippen molar-refractivity contribution in [2.45, 2.75) is 32.1 Å². The Morgan fingerprint density at radius 3 is 3.12 bits per heavy atom. The molecule has 2 aromatic heterocycles. The van der Waals surface area contributed by atoms with Crippen LogP contribution in [0.25, 0.3) is 11.2 Å². The van der Waals surface area contributed by atoms with E-state index in [2.05, 4.69) is 21.9 Å². The van der Waals surface area contributed by atoms with Crippen molar-refractivity contribution in [3.63, 3.8) is 0 Å². The van der Waals surface area contributed by atoms with Crippen LogP contribution in [-0.2, 0) is 4.74 Å². The van der Waals surface area contributed by atoms with Gasteiger partial charge in [-0.3, -0.25) is 4.57 Å². The highest BCUT2D eigenvalue weighted by Crippen LogP contribution is 2.29. The molecule has 0 unspecified atom stereocenters. The Balaban J connectivity index is 2.11. The van der Waals surface area contributed by atoms with Gasteiger partial charge >= 0.3 is 0 Å². The minimum atomic E-state index is 0.0630. The van der Waals surface area contributed by atoms with Gasteiger partial charge in [0.25, 0.3) is 0 Å². The molecule has 3 rings (SSSR count). The molecule has 0 spiro atoms. The molecule has 6 heteroatoms. The van der Waals surface area contributed by atoms with Gasteiger partial charge in [-0.05, 0) is 19.8 Å². The zero-order chi connectivity index (χ0) is 11.1. The lowest BCUT2D eigenvalue weighted by atomic mass is 10.2. The van der Waals surface area contributed by atoms with Gasteiger partial charge in [0.15, 0.2) is 4.64 Å². The van der Waals surface area contributed by atoms with Gasteiger partial charge in [-0.15, -0.1) is 0 Å². The van der Waals surface area contributed by atoms with E-state index in [9.17, 15) is 0 Å². The molecule has 0 aliphatic carbocycles. The zero-order valence-corrected chi connectivity index (χ0v) is 9.70. The minimum absolute atomic E-state index is 0.0630. The molecule has 2 atom stereocenters. The van der Waals surface area contributed by atoms with Crippen LogP contribution in [0.5, 0.6) is 0 Å². The molecule has 16 heavy (non-hydrogen) atoms. The highest BCUT2D eigenvalue weighted by molar-refractivity contribution is 7.71. The number of imidazole rings is 1. The molecule has 0 bridgehead atoms. The van der Waals surface area contributed by atoms with E-state index in [1.165, 1.54) is 0 Å². The van der Waals surface area contributed by atoms with E-state index in [0.717, 1.165) is 24.0 Å². The SMILES string of the molecule is C[C@H]1CC[C@@H](n2cnc3c(=S)nc[nH]c32)O1. The number of hydrogen-bond acceptors (Lipinski definition) is 4. The molecule has 0 amide bonds. The van der Waals surface area contributed by atoms with Crippen molar-refractivity contribution in [2.24, 2.45) is 0 Å². The maximum absolute atomic E-state index is 5.80. The van der Waals surface area contributed by atoms with E-state index in [4.69, 9.17) is 17.0 Å². The maximum Gasteiger partial charge on any atom is 0.157 e. The van der Waals surface area contributed by atoms with Crippen molar-refractivity contribution in [1.29, 1.82) is 0 Å². The Bertz CT molecular complexity index is 575. The van der Waals surface area contributed by atoms with Gasteiger partial charge in [-0.1, -0.05) is 12.2 Å². The van der Waals surface area contributed by atoms with Crippen LogP contribution in [0.1, 0.15) is 26.0 Å². The molecular weight excluding hydrogens is 224 g/mol. The summed E-state index contributed by atoms with van der Waals surface area (Å²) in [5, 5.41) is 0. The number of hydrogen-bond donors (Lipinski definition) is 1. The fraction of sp³-hybridized carbons (Fsp3) is 0.500. The molecule has 1 aliphatic heterocycles. The number of ether oxygens (including phenoxy) is 1. The van der Waals surface area contributed by atoms with Gasteiger partial charge in [0.05, 0.1) is 18.8 Å². The first-order valence-electron chi connectivity index (χ1n) is 5.31. The van der Waals surface area contributed by atoms with E-state index >= 15 is 0 Å². The summed E-state index contributed by atoms with van der Waals surface area (Å²) in [6.45, 7) is 2.09. The van der Waals surface area contributed by atoms with Crippen molar-refractivity contribution >= 4 is 23.4 Å². The first kappa shape index (κ1) is 9.92. The van der Waals surface area contributed by atoms with Crippen molar-refractivity contribution in [3.05, 3.63) is 17.3 Å². The number of rotatable bonds is 1. The number of aromatic nitrogens is 4. The maximum atomic E-state index is 5.80. The molecule has 2 aromatic rings. The van der Waals surface area contributed by atoms with Gasteiger partial charge < -0.3 is 9.72 Å². The molecule has 1 N–H and O–H groups in total. The lowest BCUT2D eigenvalue weighted by molar-refractivity contribution is 0.0131. The number of H-pyrrole nitrogens is 1. The second-order valence-corrected chi connectivity index (χ2v) is 4.42. The normalized spacial score (nSPS) is 25.3. The summed E-state index contributed by atoms with van der Waals surface area (Å²) >= 11 is 5.12. The molecule has 84 valence electrons.